The Morgan fingerprint density at radius 3 is 2.93 bits per heavy atom. The number of rotatable bonds is 5. The fraction of sp³-hybridized carbons (Fsp3) is 0.105. The summed E-state index contributed by atoms with van der Waals surface area (Å²) in [7, 11) is 0. The number of carbonyl (C=O) groups is 1. The predicted molar refractivity (Wildman–Crippen MR) is 105 cm³/mol. The number of halogens is 1. The largest absolute Gasteiger partial charge is 0.347 e. The van der Waals surface area contributed by atoms with Crippen molar-refractivity contribution >= 4 is 28.6 Å². The lowest BCUT2D eigenvalue weighted by Gasteiger charge is -2.08. The van der Waals surface area contributed by atoms with E-state index in [2.05, 4.69) is 15.3 Å². The summed E-state index contributed by atoms with van der Waals surface area (Å²) < 4.78 is 15.9. The number of carbonyl (C=O) groups excluding carboxylic acids is 1. The molecule has 1 amide bonds. The van der Waals surface area contributed by atoms with E-state index in [-0.39, 0.29) is 18.3 Å². The summed E-state index contributed by atoms with van der Waals surface area (Å²) in [6, 6.07) is 8.82. The van der Waals surface area contributed by atoms with Crippen molar-refractivity contribution in [1.82, 2.24) is 19.9 Å². The highest BCUT2D eigenvalue weighted by atomic mass is 32.1. The average Bonchev–Trinajstić information content (AvgIpc) is 3.40. The Kier molecular flexibility index (Phi) is 4.83. The Morgan fingerprint density at radius 1 is 1.33 bits per heavy atom. The van der Waals surface area contributed by atoms with E-state index in [1.54, 1.807) is 40.4 Å². The zero-order valence-corrected chi connectivity index (χ0v) is 16.0. The van der Waals surface area contributed by atoms with Crippen LogP contribution >= 0.6 is 22.7 Å². The molecule has 27 heavy (non-hydrogen) atoms. The molecule has 0 aliphatic carbocycles. The van der Waals surface area contributed by atoms with Crippen LogP contribution in [0.25, 0.3) is 15.6 Å². The van der Waals surface area contributed by atoms with Crippen LogP contribution in [0.5, 0.6) is 0 Å². The van der Waals surface area contributed by atoms with E-state index in [9.17, 15) is 9.18 Å². The molecule has 0 saturated carbocycles. The molecule has 5 nitrogen and oxygen atoms in total. The van der Waals surface area contributed by atoms with Gasteiger partial charge in [0.25, 0.3) is 5.91 Å². The van der Waals surface area contributed by atoms with Gasteiger partial charge < -0.3 is 9.88 Å². The minimum atomic E-state index is -0.367. The van der Waals surface area contributed by atoms with E-state index in [0.717, 1.165) is 9.88 Å². The first kappa shape index (κ1) is 17.6. The van der Waals surface area contributed by atoms with Crippen molar-refractivity contribution in [2.45, 2.75) is 13.5 Å². The Balaban J connectivity index is 1.46. The van der Waals surface area contributed by atoms with Gasteiger partial charge >= 0.3 is 0 Å². The fourth-order valence-electron chi connectivity index (χ4n) is 2.65. The molecule has 1 N–H and O–H groups in total. The van der Waals surface area contributed by atoms with Crippen LogP contribution in [0.3, 0.4) is 0 Å². The molecule has 4 aromatic rings. The van der Waals surface area contributed by atoms with Crippen LogP contribution in [-0.4, -0.2) is 20.4 Å². The number of aromatic nitrogens is 3. The third-order valence-corrected chi connectivity index (χ3v) is 6.18. The lowest BCUT2D eigenvalue weighted by atomic mass is 10.2. The maximum Gasteiger partial charge on any atom is 0.263 e. The number of benzene rings is 1. The molecule has 136 valence electrons. The fourth-order valence-corrected chi connectivity index (χ4v) is 4.43. The quantitative estimate of drug-likeness (QED) is 0.541. The molecule has 4 rings (SSSR count). The molecule has 3 aromatic heterocycles. The highest BCUT2D eigenvalue weighted by Crippen LogP contribution is 2.31. The molecule has 0 spiro atoms. The van der Waals surface area contributed by atoms with Gasteiger partial charge in [-0.2, -0.15) is 0 Å². The second-order valence-corrected chi connectivity index (χ2v) is 7.80. The number of nitrogens with one attached hydrogen (secondary N) is 1. The topological polar surface area (TPSA) is 59.8 Å². The molecule has 0 aliphatic heterocycles. The minimum absolute atomic E-state index is 0.202. The van der Waals surface area contributed by atoms with Gasteiger partial charge in [0, 0.05) is 18.9 Å². The summed E-state index contributed by atoms with van der Waals surface area (Å²) in [5, 5.41) is 5.66. The van der Waals surface area contributed by atoms with Crippen molar-refractivity contribution in [2.24, 2.45) is 0 Å². The van der Waals surface area contributed by atoms with Gasteiger partial charge in [-0.05, 0) is 36.1 Å². The molecule has 0 atom stereocenters. The lowest BCUT2D eigenvalue weighted by Crippen LogP contribution is -2.22. The van der Waals surface area contributed by atoms with E-state index in [1.165, 1.54) is 23.7 Å². The standard InChI is InChI=1S/C19H15FN4OS2/c1-12-17(27-19(23-12)16-3-2-8-26-16)18(25)22-10-13-4-5-15(14(20)9-13)24-7-6-21-11-24/h2-9,11H,10H2,1H3,(H,22,25). The van der Waals surface area contributed by atoms with E-state index >= 15 is 0 Å². The molecule has 0 unspecified atom stereocenters. The SMILES string of the molecule is Cc1nc(-c2cccs2)sc1C(=O)NCc1ccc(-n2ccnc2)c(F)c1. The van der Waals surface area contributed by atoms with E-state index < -0.39 is 0 Å². The zero-order chi connectivity index (χ0) is 18.8. The first-order valence-corrected chi connectivity index (χ1v) is 9.87. The van der Waals surface area contributed by atoms with Crippen molar-refractivity contribution < 1.29 is 9.18 Å². The number of nitrogens with zero attached hydrogens (tertiary/aromatic N) is 3. The van der Waals surface area contributed by atoms with Gasteiger partial charge in [-0.25, -0.2) is 14.4 Å². The summed E-state index contributed by atoms with van der Waals surface area (Å²) in [4.78, 5) is 22.5. The number of hydrogen-bond acceptors (Lipinski definition) is 5. The van der Waals surface area contributed by atoms with Crippen LogP contribution in [0.1, 0.15) is 20.9 Å². The zero-order valence-electron chi connectivity index (χ0n) is 14.3. The normalized spacial score (nSPS) is 10.9. The minimum Gasteiger partial charge on any atom is -0.347 e. The maximum absolute atomic E-state index is 14.3. The first-order valence-electron chi connectivity index (χ1n) is 8.18. The molecular weight excluding hydrogens is 383 g/mol. The van der Waals surface area contributed by atoms with E-state index in [1.807, 2.05) is 24.4 Å². The lowest BCUT2D eigenvalue weighted by molar-refractivity contribution is 0.0954. The molecule has 0 bridgehead atoms. The summed E-state index contributed by atoms with van der Waals surface area (Å²) in [5.74, 6) is -0.569. The van der Waals surface area contributed by atoms with Crippen LogP contribution in [-0.2, 0) is 6.54 Å². The van der Waals surface area contributed by atoms with Gasteiger partial charge in [0.2, 0.25) is 0 Å². The molecule has 3 heterocycles. The van der Waals surface area contributed by atoms with Gasteiger partial charge in [0.05, 0.1) is 22.6 Å². The van der Waals surface area contributed by atoms with Crippen molar-refractivity contribution in [3.05, 3.63) is 76.4 Å². The number of imidazole rings is 1. The number of thiophene rings is 1. The van der Waals surface area contributed by atoms with Gasteiger partial charge in [0.1, 0.15) is 15.7 Å². The predicted octanol–water partition coefficient (Wildman–Crippen LogP) is 4.43. The van der Waals surface area contributed by atoms with Crippen LogP contribution in [0.2, 0.25) is 0 Å². The van der Waals surface area contributed by atoms with Crippen LogP contribution < -0.4 is 5.32 Å². The Labute approximate surface area is 163 Å². The summed E-state index contributed by atoms with van der Waals surface area (Å²) in [6.07, 6.45) is 4.81. The number of aryl methyl sites for hydroxylation is 1. The summed E-state index contributed by atoms with van der Waals surface area (Å²) >= 11 is 2.96. The third-order valence-electron chi connectivity index (χ3n) is 3.98. The highest BCUT2D eigenvalue weighted by molar-refractivity contribution is 7.22. The van der Waals surface area contributed by atoms with Gasteiger partial charge in [0.15, 0.2) is 0 Å². The Hall–Kier alpha value is -2.84. The molecule has 0 saturated heterocycles. The Morgan fingerprint density at radius 2 is 2.22 bits per heavy atom. The third kappa shape index (κ3) is 3.67. The van der Waals surface area contributed by atoms with E-state index in [4.69, 9.17) is 0 Å². The highest BCUT2D eigenvalue weighted by Gasteiger charge is 2.16. The van der Waals surface area contributed by atoms with Gasteiger partial charge in [-0.3, -0.25) is 4.79 Å². The van der Waals surface area contributed by atoms with Crippen molar-refractivity contribution in [1.29, 1.82) is 0 Å². The van der Waals surface area contributed by atoms with Crippen LogP contribution in [0, 0.1) is 12.7 Å². The maximum atomic E-state index is 14.3. The number of thiazole rings is 1. The van der Waals surface area contributed by atoms with Crippen molar-refractivity contribution in [2.75, 3.05) is 0 Å². The second-order valence-electron chi connectivity index (χ2n) is 5.85. The Bertz CT molecular complexity index is 1070. The van der Waals surface area contributed by atoms with Crippen molar-refractivity contribution in [3.8, 4) is 15.6 Å². The summed E-state index contributed by atoms with van der Waals surface area (Å²) in [6.45, 7) is 2.06. The number of amides is 1. The van der Waals surface area contributed by atoms with Crippen molar-refractivity contribution in [3.63, 3.8) is 0 Å². The summed E-state index contributed by atoms with van der Waals surface area (Å²) in [5.41, 5.74) is 1.80. The molecule has 8 heteroatoms. The molecular formula is C19H15FN4OS2. The van der Waals surface area contributed by atoms with Crippen LogP contribution in [0.4, 0.5) is 4.39 Å². The number of hydrogen-bond donors (Lipinski definition) is 1. The van der Waals surface area contributed by atoms with E-state index in [0.29, 0.717) is 21.8 Å². The van der Waals surface area contributed by atoms with Gasteiger partial charge in [-0.1, -0.05) is 12.1 Å². The monoisotopic (exact) mass is 398 g/mol. The second kappa shape index (κ2) is 7.42. The smallest absolute Gasteiger partial charge is 0.263 e. The molecule has 0 radical (unpaired) electrons. The first-order chi connectivity index (χ1) is 13.1. The molecule has 0 aliphatic rings. The molecule has 0 fully saturated rings. The average molecular weight is 398 g/mol. The molecule has 1 aromatic carbocycles. The van der Waals surface area contributed by atoms with Gasteiger partial charge in [-0.15, -0.1) is 22.7 Å². The van der Waals surface area contributed by atoms with Crippen LogP contribution in [0.15, 0.2) is 54.4 Å².